The molecule has 18 N–H and O–H groups in total. The molecule has 0 unspecified atom stereocenters. The minimum atomic E-state index is -1.47. The van der Waals surface area contributed by atoms with Gasteiger partial charge in [0.15, 0.2) is 5.78 Å². The lowest BCUT2D eigenvalue weighted by Gasteiger charge is -2.26. The summed E-state index contributed by atoms with van der Waals surface area (Å²) in [5.41, 5.74) is 2.00. The van der Waals surface area contributed by atoms with Crippen molar-refractivity contribution in [1.82, 2.24) is 53.2 Å². The van der Waals surface area contributed by atoms with Gasteiger partial charge in [0, 0.05) is 83.2 Å². The highest BCUT2D eigenvalue weighted by Gasteiger charge is 2.32. The molecule has 0 spiro atoms. The average molecular weight is 1530 g/mol. The van der Waals surface area contributed by atoms with E-state index >= 15 is 0 Å². The normalized spacial score (nSPS) is 12.7. The molecule has 4 rings (SSSR count). The van der Waals surface area contributed by atoms with Crippen molar-refractivity contribution in [1.29, 1.82) is 0 Å². The predicted molar refractivity (Wildman–Crippen MR) is 394 cm³/mol. The number of ketones is 1. The third kappa shape index (κ3) is 37.6. The van der Waals surface area contributed by atoms with Crippen LogP contribution >= 0.6 is 12.6 Å². The molecule has 0 aliphatic carbocycles. The second kappa shape index (κ2) is 49.5. The molecule has 0 aliphatic rings. The molecule has 108 heavy (non-hydrogen) atoms. The zero-order valence-corrected chi connectivity index (χ0v) is 59.9. The van der Waals surface area contributed by atoms with Crippen LogP contribution in [0, 0.1) is 0 Å². The van der Waals surface area contributed by atoms with E-state index in [1.54, 1.807) is 0 Å². The summed E-state index contributed by atoms with van der Waals surface area (Å²) >= 11 is 4.20. The Kier molecular flexibility index (Phi) is 41.6. The van der Waals surface area contributed by atoms with Crippen molar-refractivity contribution in [2.45, 2.75) is 197 Å². The molecule has 33 nitrogen and oxygen atoms in total. The standard InChI is InChI=1S/C73H96N10O23S.CH4/c84-48-20-12-44(13-21-48)40-55(77-60(89)28-32-64(93)94)69(102)74-36-6-4-8-52(81-72(105)57(79-62(91)30-34-66(97)98)42-46-16-24-50(86)25-17-46)59(88)11-3-1-2-9-53(68(101)76-38-39-107)82-71(104)54(83-73(106)58(80-63(92)31-35-67(99)100)43-47-18-26-51(87)27-19-47)10-5-7-37-75-70(103)56(78-61(90)29-33-65(95)96)41-45-14-22-49(85)23-15-45;/h12-27,52-58,84-87,107H,1-11,28-43H2,(H,74,102)(H,75,103)(H,76,101)(H,77,89)(H,78,90)(H,79,91)(H,80,92)(H,81,105)(H,82,104)(H,83,106)(H,93,94)(H,95,96)(H,97,98)(H,99,100);1H4/t52-,53-,54-,55-,56-,57-,58-;/m0./s1. The van der Waals surface area contributed by atoms with Gasteiger partial charge in [-0.15, -0.1) is 0 Å². The number of aromatic hydroxyl groups is 4. The molecule has 590 valence electrons. The second-order valence-corrected chi connectivity index (χ2v) is 25.8. The maximum Gasteiger partial charge on any atom is 0.303 e. The van der Waals surface area contributed by atoms with Crippen LogP contribution in [-0.2, 0) is 97.6 Å². The van der Waals surface area contributed by atoms with Crippen LogP contribution in [0.1, 0.15) is 152 Å². The monoisotopic (exact) mass is 1530 g/mol. The van der Waals surface area contributed by atoms with Crippen LogP contribution in [0.3, 0.4) is 0 Å². The minimum absolute atomic E-state index is 0. The number of rotatable bonds is 52. The predicted octanol–water partition coefficient (Wildman–Crippen LogP) is 2.41. The number of carbonyl (C=O) groups is 15. The number of aliphatic carboxylic acids is 4. The first-order valence-corrected chi connectivity index (χ1v) is 35.6. The summed E-state index contributed by atoms with van der Waals surface area (Å²) in [7, 11) is 0. The number of nitrogens with one attached hydrogen (secondary N) is 10. The highest BCUT2D eigenvalue weighted by molar-refractivity contribution is 7.80. The van der Waals surface area contributed by atoms with Crippen LogP contribution in [0.5, 0.6) is 23.0 Å². The molecule has 0 fully saturated rings. The van der Waals surface area contributed by atoms with Crippen LogP contribution in [0.25, 0.3) is 0 Å². The van der Waals surface area contributed by atoms with E-state index in [-0.39, 0.29) is 152 Å². The fourth-order valence-corrected chi connectivity index (χ4v) is 11.0. The molecule has 0 radical (unpaired) electrons. The lowest BCUT2D eigenvalue weighted by atomic mass is 9.98. The van der Waals surface area contributed by atoms with E-state index in [2.05, 4.69) is 65.8 Å². The van der Waals surface area contributed by atoms with E-state index < -0.39 is 182 Å². The summed E-state index contributed by atoms with van der Waals surface area (Å²) in [6.45, 7) is -0.0189. The third-order valence-corrected chi connectivity index (χ3v) is 16.8. The fourth-order valence-electron chi connectivity index (χ4n) is 10.8. The van der Waals surface area contributed by atoms with Gasteiger partial charge in [-0.1, -0.05) is 68.8 Å². The summed E-state index contributed by atoms with van der Waals surface area (Å²) in [5.74, 6) is -13.3. The molecular formula is C74H100N10O23S. The summed E-state index contributed by atoms with van der Waals surface area (Å²) in [4.78, 5) is 196. The van der Waals surface area contributed by atoms with E-state index in [0.29, 0.717) is 22.3 Å². The number of benzene rings is 4. The van der Waals surface area contributed by atoms with Crippen LogP contribution in [0.15, 0.2) is 97.1 Å². The van der Waals surface area contributed by atoms with Gasteiger partial charge in [0.1, 0.15) is 59.2 Å². The second-order valence-electron chi connectivity index (χ2n) is 25.4. The maximum atomic E-state index is 14.7. The highest BCUT2D eigenvalue weighted by atomic mass is 32.1. The fraction of sp³-hybridized carbons (Fsp3) is 0.473. The van der Waals surface area contributed by atoms with Gasteiger partial charge < -0.3 is 94.0 Å². The van der Waals surface area contributed by atoms with Gasteiger partial charge in [0.2, 0.25) is 59.1 Å². The molecular weight excluding hydrogens is 1430 g/mol. The number of hydrogen-bond donors (Lipinski definition) is 19. The van der Waals surface area contributed by atoms with E-state index in [1.807, 2.05) is 0 Å². The van der Waals surface area contributed by atoms with Gasteiger partial charge in [-0.2, -0.15) is 12.6 Å². The van der Waals surface area contributed by atoms with Crippen molar-refractivity contribution in [2.75, 3.05) is 25.4 Å². The highest BCUT2D eigenvalue weighted by Crippen LogP contribution is 2.19. The van der Waals surface area contributed by atoms with Gasteiger partial charge >= 0.3 is 23.9 Å². The summed E-state index contributed by atoms with van der Waals surface area (Å²) in [6, 6.07) is 13.8. The molecule has 0 aliphatic heterocycles. The minimum Gasteiger partial charge on any atom is -0.508 e. The number of hydrogen-bond acceptors (Lipinski definition) is 20. The van der Waals surface area contributed by atoms with Crippen LogP contribution < -0.4 is 53.2 Å². The topological polar surface area (TPSA) is 538 Å². The SMILES string of the molecule is C.O=C(O)CCC(=O)N[C@@H](Cc1ccc(O)cc1)C(=O)NCCCC[C@H](NC(=O)[C@H](Cc1ccc(O)cc1)NC(=O)CCC(=O)O)C(=O)CCCCC[C@H](NC(=O)[C@H](CCCCNC(=O)[C@H](Cc1ccc(O)cc1)NC(=O)CCC(=O)O)NC(=O)[C@H](Cc1ccc(O)cc1)NC(=O)CCC(=O)O)C(=O)NCCS. The lowest BCUT2D eigenvalue weighted by Crippen LogP contribution is -2.57. The zero-order valence-electron chi connectivity index (χ0n) is 59.0. The number of amides is 10. The number of thiol groups is 1. The van der Waals surface area contributed by atoms with Gasteiger partial charge in [-0.25, -0.2) is 0 Å². The zero-order chi connectivity index (χ0) is 78.8. The molecule has 7 atom stereocenters. The van der Waals surface area contributed by atoms with Gasteiger partial charge in [0.25, 0.3) is 0 Å². The molecule has 0 saturated heterocycles. The first-order chi connectivity index (χ1) is 51.0. The summed E-state index contributed by atoms with van der Waals surface area (Å²) < 4.78 is 0. The molecule has 0 heterocycles. The number of unbranched alkanes of at least 4 members (excludes halogenated alkanes) is 4. The maximum absolute atomic E-state index is 14.7. The Bertz CT molecular complexity index is 3640. The van der Waals surface area contributed by atoms with Crippen LogP contribution in [0.2, 0.25) is 0 Å². The lowest BCUT2D eigenvalue weighted by molar-refractivity contribution is -0.139. The van der Waals surface area contributed by atoms with E-state index in [4.69, 9.17) is 10.2 Å². The molecule has 0 saturated carbocycles. The molecule has 0 aromatic heterocycles. The summed E-state index contributed by atoms with van der Waals surface area (Å²) in [5, 5.41) is 103. The Labute approximate surface area is 629 Å². The number of Topliss-reactive ketones (excluding diaryl/α,β-unsaturated/α-hetero) is 1. The number of phenolic OH excluding ortho intramolecular Hbond substituents is 4. The first kappa shape index (κ1) is 90.9. The number of carboxylic acids is 4. The quantitative estimate of drug-likeness (QED) is 0.0223. The summed E-state index contributed by atoms with van der Waals surface area (Å²) in [6.07, 6.45) is -3.72. The molecule has 4 aromatic rings. The van der Waals surface area contributed by atoms with Crippen molar-refractivity contribution < 1.29 is 113 Å². The van der Waals surface area contributed by atoms with Crippen molar-refractivity contribution in [3.63, 3.8) is 0 Å². The Hall–Kier alpha value is -11.3. The van der Waals surface area contributed by atoms with Crippen LogP contribution in [0.4, 0.5) is 0 Å². The Morgan fingerprint density at radius 1 is 0.278 bits per heavy atom. The van der Waals surface area contributed by atoms with Crippen molar-refractivity contribution >= 4 is 101 Å². The van der Waals surface area contributed by atoms with Gasteiger partial charge in [0.05, 0.1) is 31.7 Å². The number of carboxylic acid groups (broad SMARTS) is 4. The van der Waals surface area contributed by atoms with Crippen LogP contribution in [-0.4, -0.2) is 197 Å². The number of carbonyl (C=O) groups excluding carboxylic acids is 11. The largest absolute Gasteiger partial charge is 0.508 e. The Morgan fingerprint density at radius 2 is 0.528 bits per heavy atom. The van der Waals surface area contributed by atoms with Gasteiger partial charge in [-0.3, -0.25) is 71.9 Å². The Morgan fingerprint density at radius 3 is 0.833 bits per heavy atom. The van der Waals surface area contributed by atoms with Gasteiger partial charge in [-0.05, 0) is 122 Å². The number of phenols is 4. The molecule has 0 bridgehead atoms. The van der Waals surface area contributed by atoms with Crippen molar-refractivity contribution in [3.8, 4) is 23.0 Å². The van der Waals surface area contributed by atoms with E-state index in [0.717, 1.165) is 0 Å². The van der Waals surface area contributed by atoms with E-state index in [1.165, 1.54) is 97.1 Å². The molecule has 10 amide bonds. The molecule has 4 aromatic carbocycles. The van der Waals surface area contributed by atoms with Crippen molar-refractivity contribution in [2.24, 2.45) is 0 Å². The molecule has 34 heteroatoms. The average Bonchev–Trinajstić information content (AvgIpc) is 0.872. The van der Waals surface area contributed by atoms with Crippen molar-refractivity contribution in [3.05, 3.63) is 119 Å². The smallest absolute Gasteiger partial charge is 0.303 e. The first-order valence-electron chi connectivity index (χ1n) is 35.0. The van der Waals surface area contributed by atoms with E-state index in [9.17, 15) is 103 Å². The third-order valence-electron chi connectivity index (χ3n) is 16.6. The Balaban J connectivity index is 0.0000302.